The molecule has 0 aliphatic rings. The van der Waals surface area contributed by atoms with Gasteiger partial charge in [-0.1, -0.05) is 48.5 Å². The Morgan fingerprint density at radius 3 is 2.14 bits per heavy atom. The van der Waals surface area contributed by atoms with E-state index in [0.29, 0.717) is 5.69 Å². The molecule has 3 aromatic carbocycles. The largest absolute Gasteiger partial charge is 0.480 e. The third-order valence-corrected chi connectivity index (χ3v) is 7.69. The van der Waals surface area contributed by atoms with Crippen LogP contribution in [0, 0.1) is 13.8 Å². The van der Waals surface area contributed by atoms with Gasteiger partial charge in [-0.05, 0) is 68.7 Å². The van der Waals surface area contributed by atoms with Gasteiger partial charge in [-0.15, -0.1) is 23.1 Å². The van der Waals surface area contributed by atoms with Crippen LogP contribution in [0.5, 0.6) is 0 Å². The van der Waals surface area contributed by atoms with E-state index in [1.165, 1.54) is 23.1 Å². The van der Waals surface area contributed by atoms with E-state index in [2.05, 4.69) is 11.4 Å². The molecule has 5 nitrogen and oxygen atoms in total. The highest BCUT2D eigenvalue weighted by Gasteiger charge is 2.28. The maximum atomic E-state index is 13.3. The molecule has 4 aromatic rings. The fourth-order valence-electron chi connectivity index (χ4n) is 3.62. The summed E-state index contributed by atoms with van der Waals surface area (Å²) < 4.78 is -0.928. The van der Waals surface area contributed by atoms with Gasteiger partial charge in [0.1, 0.15) is 15.4 Å². The molecule has 0 spiro atoms. The highest BCUT2D eigenvalue weighted by Crippen LogP contribution is 2.38. The topological polar surface area (TPSA) is 79.3 Å². The molecular weight excluding hydrogens is 476 g/mol. The van der Waals surface area contributed by atoms with Gasteiger partial charge in [0.25, 0.3) is 5.91 Å². The lowest BCUT2D eigenvalue weighted by Crippen LogP contribution is -2.26. The molecule has 1 aromatic heterocycles. The summed E-state index contributed by atoms with van der Waals surface area (Å²) in [6.07, 6.45) is 0. The molecule has 0 saturated carbocycles. The van der Waals surface area contributed by atoms with Crippen LogP contribution >= 0.6 is 23.1 Å². The van der Waals surface area contributed by atoms with Crippen molar-refractivity contribution in [3.8, 4) is 21.0 Å². The summed E-state index contributed by atoms with van der Waals surface area (Å²) >= 11 is 2.75. The van der Waals surface area contributed by atoms with Gasteiger partial charge in [-0.3, -0.25) is 9.59 Å². The zero-order valence-corrected chi connectivity index (χ0v) is 21.6. The Hall–Kier alpha value is -3.42. The van der Waals surface area contributed by atoms with E-state index in [4.69, 9.17) is 4.98 Å². The van der Waals surface area contributed by atoms with Crippen molar-refractivity contribution in [3.05, 3.63) is 89.6 Å². The van der Waals surface area contributed by atoms with Gasteiger partial charge in [0.05, 0.1) is 4.88 Å². The molecule has 0 aliphatic carbocycles. The van der Waals surface area contributed by atoms with Crippen LogP contribution < -0.4 is 5.32 Å². The maximum Gasteiger partial charge on any atom is 0.319 e. The molecule has 0 atom stereocenters. The summed E-state index contributed by atoms with van der Waals surface area (Å²) in [5, 5.41) is 13.1. The van der Waals surface area contributed by atoms with Crippen molar-refractivity contribution in [1.82, 2.24) is 4.98 Å². The number of nitrogens with zero attached hydrogens (tertiary/aromatic N) is 1. The number of nitrogens with one attached hydrogen (secondary N) is 1. The number of aliphatic carboxylic acids is 1. The normalized spacial score (nSPS) is 11.3. The smallest absolute Gasteiger partial charge is 0.319 e. The van der Waals surface area contributed by atoms with Gasteiger partial charge in [0.15, 0.2) is 0 Å². The summed E-state index contributed by atoms with van der Waals surface area (Å²) in [5.41, 5.74) is 5.06. The van der Waals surface area contributed by atoms with Crippen molar-refractivity contribution in [3.63, 3.8) is 0 Å². The first-order valence-corrected chi connectivity index (χ1v) is 12.7. The summed E-state index contributed by atoms with van der Waals surface area (Å²) in [4.78, 5) is 31.2. The summed E-state index contributed by atoms with van der Waals surface area (Å²) in [6, 6.07) is 23.3. The minimum absolute atomic E-state index is 0.258. The average molecular weight is 503 g/mol. The Morgan fingerprint density at radius 1 is 0.914 bits per heavy atom. The molecule has 0 radical (unpaired) electrons. The molecule has 178 valence electrons. The first-order chi connectivity index (χ1) is 16.6. The van der Waals surface area contributed by atoms with Crippen molar-refractivity contribution < 1.29 is 14.7 Å². The van der Waals surface area contributed by atoms with Crippen LogP contribution in [-0.2, 0) is 4.79 Å². The van der Waals surface area contributed by atoms with E-state index in [-0.39, 0.29) is 5.91 Å². The standard InChI is InChI=1S/C28H26N2O3S2/c1-17-14-18(2)16-21(15-17)29-25(31)23-24(19-8-6-5-7-9-19)34-26(30-23)20-10-12-22(13-11-20)35-28(3,4)27(32)33/h5-16H,1-4H3,(H,29,31)(H,32,33). The van der Waals surface area contributed by atoms with Crippen molar-refractivity contribution in [1.29, 1.82) is 0 Å². The molecule has 7 heteroatoms. The number of thiazole rings is 1. The lowest BCUT2D eigenvalue weighted by molar-refractivity contribution is -0.138. The van der Waals surface area contributed by atoms with E-state index >= 15 is 0 Å². The van der Waals surface area contributed by atoms with Crippen molar-refractivity contribution >= 4 is 40.7 Å². The van der Waals surface area contributed by atoms with E-state index in [1.54, 1.807) is 13.8 Å². The van der Waals surface area contributed by atoms with Gasteiger partial charge in [-0.2, -0.15) is 0 Å². The Bertz CT molecular complexity index is 1360. The Labute approximate surface area is 213 Å². The van der Waals surface area contributed by atoms with Gasteiger partial charge >= 0.3 is 5.97 Å². The SMILES string of the molecule is Cc1cc(C)cc(NC(=O)c2nc(-c3ccc(SC(C)(C)C(=O)O)cc3)sc2-c2ccccc2)c1. The van der Waals surface area contributed by atoms with E-state index < -0.39 is 10.7 Å². The second-order valence-electron chi connectivity index (χ2n) is 8.84. The molecule has 0 bridgehead atoms. The van der Waals surface area contributed by atoms with Gasteiger partial charge in [0, 0.05) is 16.1 Å². The van der Waals surface area contributed by atoms with E-state index in [1.807, 2.05) is 80.6 Å². The molecular formula is C28H26N2O3S2. The van der Waals surface area contributed by atoms with Crippen LogP contribution in [0.2, 0.25) is 0 Å². The fourth-order valence-corrected chi connectivity index (χ4v) is 5.65. The van der Waals surface area contributed by atoms with E-state index in [9.17, 15) is 14.7 Å². The molecule has 0 fully saturated rings. The second kappa shape index (κ2) is 10.1. The highest BCUT2D eigenvalue weighted by molar-refractivity contribution is 8.01. The quantitative estimate of drug-likeness (QED) is 0.259. The molecule has 0 unspecified atom stereocenters. The number of carbonyl (C=O) groups excluding carboxylic acids is 1. The molecule has 4 rings (SSSR count). The van der Waals surface area contributed by atoms with Crippen molar-refractivity contribution in [2.75, 3.05) is 5.32 Å². The Morgan fingerprint density at radius 2 is 1.54 bits per heavy atom. The number of rotatable bonds is 7. The third-order valence-electron chi connectivity index (χ3n) is 5.35. The van der Waals surface area contributed by atoms with Crippen LogP contribution in [0.3, 0.4) is 0 Å². The Kier molecular flexibility index (Phi) is 7.10. The predicted octanol–water partition coefficient (Wildman–Crippen LogP) is 7.30. The number of anilines is 1. The summed E-state index contributed by atoms with van der Waals surface area (Å²) in [7, 11) is 0. The number of aryl methyl sites for hydroxylation is 2. The molecule has 2 N–H and O–H groups in total. The van der Waals surface area contributed by atoms with Gasteiger partial charge < -0.3 is 10.4 Å². The van der Waals surface area contributed by atoms with Crippen molar-refractivity contribution in [2.24, 2.45) is 0 Å². The number of thioether (sulfide) groups is 1. The molecule has 0 saturated heterocycles. The summed E-state index contributed by atoms with van der Waals surface area (Å²) in [5.74, 6) is -1.12. The molecule has 0 aliphatic heterocycles. The van der Waals surface area contributed by atoms with Crippen molar-refractivity contribution in [2.45, 2.75) is 37.3 Å². The number of amides is 1. The zero-order valence-electron chi connectivity index (χ0n) is 20.0. The van der Waals surface area contributed by atoms with Gasteiger partial charge in [0.2, 0.25) is 0 Å². The fraction of sp³-hybridized carbons (Fsp3) is 0.179. The number of carboxylic acid groups (broad SMARTS) is 1. The van der Waals surface area contributed by atoms with Crippen LogP contribution in [0.4, 0.5) is 5.69 Å². The first-order valence-electron chi connectivity index (χ1n) is 11.1. The maximum absolute atomic E-state index is 13.3. The minimum Gasteiger partial charge on any atom is -0.480 e. The number of aromatic nitrogens is 1. The van der Waals surface area contributed by atoms with Crippen LogP contribution in [0.1, 0.15) is 35.5 Å². The molecule has 35 heavy (non-hydrogen) atoms. The number of hydrogen-bond acceptors (Lipinski definition) is 5. The number of benzene rings is 3. The van der Waals surface area contributed by atoms with Gasteiger partial charge in [-0.25, -0.2) is 4.98 Å². The number of carboxylic acids is 1. The highest BCUT2D eigenvalue weighted by atomic mass is 32.2. The Balaban J connectivity index is 1.68. The van der Waals surface area contributed by atoms with Crippen LogP contribution in [-0.4, -0.2) is 26.7 Å². The van der Waals surface area contributed by atoms with Crippen LogP contribution in [0.25, 0.3) is 21.0 Å². The first kappa shape index (κ1) is 24.7. The number of hydrogen-bond donors (Lipinski definition) is 2. The van der Waals surface area contributed by atoms with E-state index in [0.717, 1.165) is 42.7 Å². The summed E-state index contributed by atoms with van der Waals surface area (Å²) in [6.45, 7) is 7.36. The number of carbonyl (C=O) groups is 2. The zero-order chi connectivity index (χ0) is 25.2. The predicted molar refractivity (Wildman–Crippen MR) is 144 cm³/mol. The second-order valence-corrected chi connectivity index (χ2v) is 11.5. The minimum atomic E-state index is -0.928. The monoisotopic (exact) mass is 502 g/mol. The molecule has 1 heterocycles. The third kappa shape index (κ3) is 5.81. The lowest BCUT2D eigenvalue weighted by atomic mass is 10.1. The lowest BCUT2D eigenvalue weighted by Gasteiger charge is -2.18. The molecule has 1 amide bonds. The average Bonchev–Trinajstić information content (AvgIpc) is 3.25. The van der Waals surface area contributed by atoms with Crippen LogP contribution in [0.15, 0.2) is 77.7 Å².